The van der Waals surface area contributed by atoms with Crippen LogP contribution in [0.4, 0.5) is 0 Å². The van der Waals surface area contributed by atoms with E-state index in [2.05, 4.69) is 12.2 Å². The van der Waals surface area contributed by atoms with Crippen LogP contribution in [0.2, 0.25) is 0 Å². The molecule has 0 N–H and O–H groups in total. The van der Waals surface area contributed by atoms with E-state index >= 15 is 0 Å². The van der Waals surface area contributed by atoms with Gasteiger partial charge in [-0.1, -0.05) is 25.0 Å². The zero-order valence-electron chi connectivity index (χ0n) is 10.4. The first-order valence-corrected chi connectivity index (χ1v) is 6.31. The van der Waals surface area contributed by atoms with Crippen LogP contribution in [0.25, 0.3) is 0 Å². The summed E-state index contributed by atoms with van der Waals surface area (Å²) in [7, 11) is 1.41. The number of esters is 1. The number of rotatable bonds is 1. The van der Waals surface area contributed by atoms with Gasteiger partial charge in [-0.3, -0.25) is 0 Å². The molecule has 3 nitrogen and oxygen atoms in total. The van der Waals surface area contributed by atoms with E-state index in [4.69, 9.17) is 9.47 Å². The molecular weight excluding hydrogens is 216 g/mol. The molecule has 2 aliphatic rings. The molecule has 0 aromatic heterocycles. The first-order chi connectivity index (χ1) is 8.27. The normalized spacial score (nSPS) is 33.4. The molecule has 0 saturated carbocycles. The second kappa shape index (κ2) is 5.50. The summed E-state index contributed by atoms with van der Waals surface area (Å²) >= 11 is 0. The predicted molar refractivity (Wildman–Crippen MR) is 65.6 cm³/mol. The van der Waals surface area contributed by atoms with Crippen LogP contribution < -0.4 is 0 Å². The van der Waals surface area contributed by atoms with Gasteiger partial charge < -0.3 is 9.47 Å². The van der Waals surface area contributed by atoms with Gasteiger partial charge in [0, 0.05) is 11.5 Å². The second-order valence-corrected chi connectivity index (χ2v) is 4.84. The van der Waals surface area contributed by atoms with Crippen molar-refractivity contribution >= 4 is 5.97 Å². The maximum absolute atomic E-state index is 11.4. The molecule has 1 aliphatic carbocycles. The van der Waals surface area contributed by atoms with Crippen LogP contribution in [0.3, 0.4) is 0 Å². The average molecular weight is 236 g/mol. The predicted octanol–water partition coefficient (Wildman–Crippen LogP) is 2.62. The Bertz CT molecular complexity index is 343. The Morgan fingerprint density at radius 3 is 3.18 bits per heavy atom. The minimum absolute atomic E-state index is 0.0470. The van der Waals surface area contributed by atoms with E-state index < -0.39 is 0 Å². The van der Waals surface area contributed by atoms with E-state index in [0.29, 0.717) is 13.2 Å². The monoisotopic (exact) mass is 236 g/mol. The Morgan fingerprint density at radius 2 is 2.35 bits per heavy atom. The van der Waals surface area contributed by atoms with Gasteiger partial charge in [-0.25, -0.2) is 4.79 Å². The van der Waals surface area contributed by atoms with Crippen molar-refractivity contribution in [2.75, 3.05) is 20.3 Å². The Hall–Kier alpha value is -1.09. The molecular formula is C14H20O3. The van der Waals surface area contributed by atoms with Crippen LogP contribution in [0.5, 0.6) is 0 Å². The van der Waals surface area contributed by atoms with Crippen LogP contribution in [0.15, 0.2) is 23.8 Å². The fourth-order valence-corrected chi connectivity index (χ4v) is 2.63. The van der Waals surface area contributed by atoms with Crippen LogP contribution >= 0.6 is 0 Å². The molecule has 1 atom stereocenters. The summed E-state index contributed by atoms with van der Waals surface area (Å²) in [6.45, 7) is 1.26. The van der Waals surface area contributed by atoms with Crippen LogP contribution in [-0.4, -0.2) is 26.3 Å². The fraction of sp³-hybridized carbons (Fsp3) is 0.643. The Kier molecular flexibility index (Phi) is 4.00. The van der Waals surface area contributed by atoms with Gasteiger partial charge in [-0.2, -0.15) is 0 Å². The van der Waals surface area contributed by atoms with Gasteiger partial charge in [-0.15, -0.1) is 0 Å². The van der Waals surface area contributed by atoms with E-state index in [1.54, 1.807) is 6.08 Å². The molecule has 1 aliphatic heterocycles. The lowest BCUT2D eigenvalue weighted by molar-refractivity contribution is -0.134. The van der Waals surface area contributed by atoms with Crippen molar-refractivity contribution in [1.29, 1.82) is 0 Å². The highest BCUT2D eigenvalue weighted by atomic mass is 16.5. The minimum atomic E-state index is -0.277. The summed E-state index contributed by atoms with van der Waals surface area (Å²) < 4.78 is 10.3. The molecule has 1 saturated heterocycles. The standard InChI is InChI=1S/C14H20O3/c1-16-13(15)9-12-10-17-11-14(12)7-5-3-2-4-6-8-14/h5,7,9H,2-4,6,8,10-11H2,1H3/b7-5-,12-9+/t14-/m1/s1. The van der Waals surface area contributed by atoms with Crippen LogP contribution in [0, 0.1) is 5.41 Å². The molecule has 1 heterocycles. The highest BCUT2D eigenvalue weighted by molar-refractivity contribution is 5.83. The van der Waals surface area contributed by atoms with Crippen molar-refractivity contribution in [1.82, 2.24) is 0 Å². The third kappa shape index (κ3) is 2.78. The number of methoxy groups -OCH3 is 1. The number of ether oxygens (including phenoxy) is 2. The zero-order chi connectivity index (χ0) is 12.1. The maximum atomic E-state index is 11.4. The number of carbonyl (C=O) groups excluding carboxylic acids is 1. The zero-order valence-corrected chi connectivity index (χ0v) is 10.4. The Morgan fingerprint density at radius 1 is 1.47 bits per heavy atom. The fourth-order valence-electron chi connectivity index (χ4n) is 2.63. The number of hydrogen-bond donors (Lipinski definition) is 0. The van der Waals surface area contributed by atoms with E-state index in [9.17, 15) is 4.79 Å². The van der Waals surface area contributed by atoms with Crippen LogP contribution in [0.1, 0.15) is 32.1 Å². The second-order valence-electron chi connectivity index (χ2n) is 4.84. The van der Waals surface area contributed by atoms with E-state index in [-0.39, 0.29) is 11.4 Å². The Labute approximate surface area is 102 Å². The van der Waals surface area contributed by atoms with Crippen molar-refractivity contribution in [2.24, 2.45) is 5.41 Å². The third-order valence-corrected chi connectivity index (χ3v) is 3.68. The SMILES string of the molecule is COC(=O)/C=C1\COC[C@]12/C=C\CCCCC2. The quantitative estimate of drug-likeness (QED) is 0.399. The first-order valence-electron chi connectivity index (χ1n) is 6.31. The number of carbonyl (C=O) groups is 1. The van der Waals surface area contributed by atoms with Crippen molar-refractivity contribution in [3.05, 3.63) is 23.8 Å². The average Bonchev–Trinajstić information content (AvgIpc) is 2.68. The molecule has 0 aromatic rings. The van der Waals surface area contributed by atoms with Gasteiger partial charge in [0.15, 0.2) is 0 Å². The lowest BCUT2D eigenvalue weighted by atomic mass is 9.76. The third-order valence-electron chi connectivity index (χ3n) is 3.68. The lowest BCUT2D eigenvalue weighted by Crippen LogP contribution is -2.22. The van der Waals surface area contributed by atoms with Gasteiger partial charge in [-0.05, 0) is 24.8 Å². The number of hydrogen-bond acceptors (Lipinski definition) is 3. The van der Waals surface area contributed by atoms with Gasteiger partial charge in [0.1, 0.15) is 0 Å². The first kappa shape index (κ1) is 12.4. The van der Waals surface area contributed by atoms with Crippen molar-refractivity contribution in [3.63, 3.8) is 0 Å². The van der Waals surface area contributed by atoms with E-state index in [1.807, 2.05) is 0 Å². The van der Waals surface area contributed by atoms with Gasteiger partial charge in [0.05, 0.1) is 20.3 Å². The molecule has 0 amide bonds. The molecule has 94 valence electrons. The summed E-state index contributed by atoms with van der Waals surface area (Å²) in [4.78, 5) is 11.4. The molecule has 17 heavy (non-hydrogen) atoms. The minimum Gasteiger partial charge on any atom is -0.466 e. The van der Waals surface area contributed by atoms with Crippen molar-refractivity contribution in [2.45, 2.75) is 32.1 Å². The van der Waals surface area contributed by atoms with Crippen molar-refractivity contribution < 1.29 is 14.3 Å². The van der Waals surface area contributed by atoms with Gasteiger partial charge in [0.25, 0.3) is 0 Å². The smallest absolute Gasteiger partial charge is 0.330 e. The molecule has 0 unspecified atom stereocenters. The van der Waals surface area contributed by atoms with Crippen molar-refractivity contribution in [3.8, 4) is 0 Å². The summed E-state index contributed by atoms with van der Waals surface area (Å²) in [5.74, 6) is -0.277. The molecule has 0 aromatic carbocycles. The summed E-state index contributed by atoms with van der Waals surface area (Å²) in [5.41, 5.74) is 1.02. The maximum Gasteiger partial charge on any atom is 0.330 e. The van der Waals surface area contributed by atoms with Gasteiger partial charge in [0.2, 0.25) is 0 Å². The highest BCUT2D eigenvalue weighted by Gasteiger charge is 2.37. The van der Waals surface area contributed by atoms with E-state index in [1.165, 1.54) is 26.4 Å². The van der Waals surface area contributed by atoms with E-state index in [0.717, 1.165) is 18.4 Å². The molecule has 3 heteroatoms. The molecule has 0 bridgehead atoms. The molecule has 1 spiro atoms. The largest absolute Gasteiger partial charge is 0.466 e. The lowest BCUT2D eigenvalue weighted by Gasteiger charge is -2.27. The molecule has 1 fully saturated rings. The Balaban J connectivity index is 2.23. The summed E-state index contributed by atoms with van der Waals surface area (Å²) in [5, 5.41) is 0. The number of allylic oxidation sites excluding steroid dienone is 1. The topological polar surface area (TPSA) is 35.5 Å². The van der Waals surface area contributed by atoms with Crippen LogP contribution in [-0.2, 0) is 14.3 Å². The summed E-state index contributed by atoms with van der Waals surface area (Å²) in [6.07, 6.45) is 12.0. The highest BCUT2D eigenvalue weighted by Crippen LogP contribution is 2.41. The molecule has 2 rings (SSSR count). The summed E-state index contributed by atoms with van der Waals surface area (Å²) in [6, 6.07) is 0. The van der Waals surface area contributed by atoms with Gasteiger partial charge >= 0.3 is 5.97 Å². The molecule has 0 radical (unpaired) electrons.